The van der Waals surface area contributed by atoms with Crippen molar-refractivity contribution in [3.8, 4) is 0 Å². The Bertz CT molecular complexity index is 494. The second-order valence-electron chi connectivity index (χ2n) is 4.93. The van der Waals surface area contributed by atoms with E-state index in [1.165, 1.54) is 0 Å². The van der Waals surface area contributed by atoms with Crippen LogP contribution >= 0.6 is 11.6 Å². The van der Waals surface area contributed by atoms with Gasteiger partial charge in [0, 0.05) is 36.9 Å². The molecule has 1 aliphatic rings. The van der Waals surface area contributed by atoms with Crippen LogP contribution in [-0.4, -0.2) is 37.1 Å². The van der Waals surface area contributed by atoms with Crippen LogP contribution in [0.25, 0.3) is 0 Å². The Morgan fingerprint density at radius 3 is 2.80 bits per heavy atom. The fourth-order valence-corrected chi connectivity index (χ4v) is 2.24. The Labute approximate surface area is 124 Å². The Morgan fingerprint density at radius 1 is 1.35 bits per heavy atom. The van der Waals surface area contributed by atoms with Crippen molar-refractivity contribution in [2.75, 3.05) is 31.5 Å². The zero-order valence-electron chi connectivity index (χ0n) is 11.7. The van der Waals surface area contributed by atoms with Gasteiger partial charge >= 0.3 is 6.03 Å². The molecule has 4 nitrogen and oxygen atoms in total. The molecular weight excluding hydrogens is 274 g/mol. The van der Waals surface area contributed by atoms with Crippen molar-refractivity contribution in [2.24, 2.45) is 0 Å². The molecule has 0 fully saturated rings. The molecule has 2 rings (SSSR count). The van der Waals surface area contributed by atoms with Crippen molar-refractivity contribution in [1.82, 2.24) is 10.2 Å². The Balaban J connectivity index is 1.65. The van der Waals surface area contributed by atoms with Crippen molar-refractivity contribution < 1.29 is 4.79 Å². The van der Waals surface area contributed by atoms with E-state index in [4.69, 9.17) is 11.6 Å². The number of nitrogens with zero attached hydrogens (tertiary/aromatic N) is 1. The van der Waals surface area contributed by atoms with Gasteiger partial charge in [-0.2, -0.15) is 0 Å². The summed E-state index contributed by atoms with van der Waals surface area (Å²) in [5, 5.41) is 6.28. The number of amides is 2. The first kappa shape index (κ1) is 14.9. The number of hydrogen-bond acceptors (Lipinski definition) is 2. The summed E-state index contributed by atoms with van der Waals surface area (Å²) in [6, 6.07) is 5.30. The minimum Gasteiger partial charge on any atom is -0.338 e. The minimum atomic E-state index is -0.190. The Hall–Kier alpha value is -1.52. The lowest BCUT2D eigenvalue weighted by Crippen LogP contribution is -2.32. The lowest BCUT2D eigenvalue weighted by atomic mass is 10.2. The molecule has 0 aromatic heterocycles. The third kappa shape index (κ3) is 4.54. The highest BCUT2D eigenvalue weighted by molar-refractivity contribution is 6.31. The number of carbonyl (C=O) groups excluding carboxylic acids is 1. The number of halogens is 1. The molecule has 0 saturated heterocycles. The van der Waals surface area contributed by atoms with E-state index in [1.54, 1.807) is 6.07 Å². The highest BCUT2D eigenvalue weighted by Gasteiger charge is 2.06. The number of hydrogen-bond donors (Lipinski definition) is 2. The summed E-state index contributed by atoms with van der Waals surface area (Å²) in [5.41, 5.74) is 1.71. The van der Waals surface area contributed by atoms with E-state index in [0.29, 0.717) is 17.3 Å². The zero-order valence-corrected chi connectivity index (χ0v) is 12.4. The predicted molar refractivity (Wildman–Crippen MR) is 83.4 cm³/mol. The SMILES string of the molecule is Cc1ccc(NC(=O)NCCCN2CC=CC2)cc1Cl. The predicted octanol–water partition coefficient (Wildman–Crippen LogP) is 3.03. The number of anilines is 1. The van der Waals surface area contributed by atoms with Crippen LogP contribution in [0.2, 0.25) is 5.02 Å². The van der Waals surface area contributed by atoms with Crippen LogP contribution in [0.1, 0.15) is 12.0 Å². The highest BCUT2D eigenvalue weighted by Crippen LogP contribution is 2.19. The molecule has 2 amide bonds. The molecule has 108 valence electrons. The van der Waals surface area contributed by atoms with Gasteiger partial charge in [0.1, 0.15) is 0 Å². The second-order valence-corrected chi connectivity index (χ2v) is 5.34. The first-order chi connectivity index (χ1) is 9.65. The monoisotopic (exact) mass is 293 g/mol. The summed E-state index contributed by atoms with van der Waals surface area (Å²) in [4.78, 5) is 14.0. The van der Waals surface area contributed by atoms with Crippen LogP contribution in [0.15, 0.2) is 30.4 Å². The van der Waals surface area contributed by atoms with Crippen LogP contribution in [0.5, 0.6) is 0 Å². The van der Waals surface area contributed by atoms with E-state index in [1.807, 2.05) is 19.1 Å². The topological polar surface area (TPSA) is 44.4 Å². The highest BCUT2D eigenvalue weighted by atomic mass is 35.5. The zero-order chi connectivity index (χ0) is 14.4. The fourth-order valence-electron chi connectivity index (χ4n) is 2.05. The van der Waals surface area contributed by atoms with E-state index in [9.17, 15) is 4.79 Å². The van der Waals surface area contributed by atoms with Crippen molar-refractivity contribution in [2.45, 2.75) is 13.3 Å². The normalized spacial score (nSPS) is 14.5. The van der Waals surface area contributed by atoms with Gasteiger partial charge in [-0.05, 0) is 31.0 Å². The van der Waals surface area contributed by atoms with Crippen molar-refractivity contribution in [3.63, 3.8) is 0 Å². The van der Waals surface area contributed by atoms with Gasteiger partial charge in [-0.25, -0.2) is 4.79 Å². The van der Waals surface area contributed by atoms with E-state index >= 15 is 0 Å². The van der Waals surface area contributed by atoms with Gasteiger partial charge in [-0.3, -0.25) is 4.90 Å². The molecule has 0 bridgehead atoms. The standard InChI is InChI=1S/C15H20ClN3O/c1-12-5-6-13(11-14(12)16)18-15(20)17-7-4-10-19-8-2-3-9-19/h2-3,5-6,11H,4,7-10H2,1H3,(H2,17,18,20). The average Bonchev–Trinajstić information content (AvgIpc) is 2.92. The quantitative estimate of drug-likeness (QED) is 0.647. The second kappa shape index (κ2) is 7.31. The number of nitrogens with one attached hydrogen (secondary N) is 2. The first-order valence-corrected chi connectivity index (χ1v) is 7.21. The van der Waals surface area contributed by atoms with Crippen LogP contribution in [0.3, 0.4) is 0 Å². The van der Waals surface area contributed by atoms with Gasteiger partial charge in [0.25, 0.3) is 0 Å². The molecule has 1 aromatic rings. The summed E-state index contributed by atoms with van der Waals surface area (Å²) in [7, 11) is 0. The third-order valence-electron chi connectivity index (χ3n) is 3.26. The Kier molecular flexibility index (Phi) is 5.44. The molecule has 20 heavy (non-hydrogen) atoms. The molecule has 5 heteroatoms. The van der Waals surface area contributed by atoms with Gasteiger partial charge in [0.2, 0.25) is 0 Å². The minimum absolute atomic E-state index is 0.190. The maximum atomic E-state index is 11.7. The lowest BCUT2D eigenvalue weighted by Gasteiger charge is -2.14. The van der Waals surface area contributed by atoms with Gasteiger partial charge in [-0.1, -0.05) is 29.8 Å². The summed E-state index contributed by atoms with van der Waals surface area (Å²) in [6.07, 6.45) is 5.28. The molecule has 0 atom stereocenters. The number of benzene rings is 1. The smallest absolute Gasteiger partial charge is 0.319 e. The maximum absolute atomic E-state index is 11.7. The van der Waals surface area contributed by atoms with E-state index in [-0.39, 0.29) is 6.03 Å². The van der Waals surface area contributed by atoms with Crippen molar-refractivity contribution in [3.05, 3.63) is 40.9 Å². The number of carbonyl (C=O) groups is 1. The van der Waals surface area contributed by atoms with Crippen LogP contribution < -0.4 is 10.6 Å². The molecule has 1 aliphatic heterocycles. The maximum Gasteiger partial charge on any atom is 0.319 e. The molecular formula is C15H20ClN3O. The molecule has 0 aliphatic carbocycles. The fraction of sp³-hybridized carbons (Fsp3) is 0.400. The molecule has 0 spiro atoms. The Morgan fingerprint density at radius 2 is 2.10 bits per heavy atom. The number of urea groups is 1. The van der Waals surface area contributed by atoms with Crippen LogP contribution in [0.4, 0.5) is 10.5 Å². The first-order valence-electron chi connectivity index (χ1n) is 6.83. The molecule has 1 aromatic carbocycles. The number of rotatable bonds is 5. The van der Waals surface area contributed by atoms with Crippen molar-refractivity contribution in [1.29, 1.82) is 0 Å². The summed E-state index contributed by atoms with van der Waals surface area (Å²) >= 11 is 6.01. The van der Waals surface area contributed by atoms with Gasteiger partial charge in [-0.15, -0.1) is 0 Å². The summed E-state index contributed by atoms with van der Waals surface area (Å²) < 4.78 is 0. The summed E-state index contributed by atoms with van der Waals surface area (Å²) in [6.45, 7) is 5.65. The number of aryl methyl sites for hydroxylation is 1. The van der Waals surface area contributed by atoms with Gasteiger partial charge in [0.05, 0.1) is 0 Å². The van der Waals surface area contributed by atoms with Gasteiger partial charge < -0.3 is 10.6 Å². The van der Waals surface area contributed by atoms with Crippen LogP contribution in [0, 0.1) is 6.92 Å². The van der Waals surface area contributed by atoms with Gasteiger partial charge in [0.15, 0.2) is 0 Å². The molecule has 1 heterocycles. The summed E-state index contributed by atoms with van der Waals surface area (Å²) in [5.74, 6) is 0. The molecule has 0 saturated carbocycles. The lowest BCUT2D eigenvalue weighted by molar-refractivity contribution is 0.251. The van der Waals surface area contributed by atoms with Crippen LogP contribution in [-0.2, 0) is 0 Å². The third-order valence-corrected chi connectivity index (χ3v) is 3.67. The van der Waals surface area contributed by atoms with E-state index in [2.05, 4.69) is 27.7 Å². The largest absolute Gasteiger partial charge is 0.338 e. The van der Waals surface area contributed by atoms with Crippen molar-refractivity contribution >= 4 is 23.3 Å². The molecule has 0 radical (unpaired) electrons. The average molecular weight is 294 g/mol. The molecule has 2 N–H and O–H groups in total. The van der Waals surface area contributed by atoms with E-state index in [0.717, 1.165) is 31.6 Å². The molecule has 0 unspecified atom stereocenters. The van der Waals surface area contributed by atoms with E-state index < -0.39 is 0 Å².